The molecule has 0 unspecified atom stereocenters. The smallest absolute Gasteiger partial charge is 0.335 e. The second kappa shape index (κ2) is 6.28. The van der Waals surface area contributed by atoms with E-state index in [4.69, 9.17) is 28.3 Å². The molecule has 1 heterocycles. The van der Waals surface area contributed by atoms with Gasteiger partial charge in [0.1, 0.15) is 5.15 Å². The number of hydrogen-bond donors (Lipinski definition) is 1. The summed E-state index contributed by atoms with van der Waals surface area (Å²) in [7, 11) is 0. The lowest BCUT2D eigenvalue weighted by Crippen LogP contribution is -1.97. The zero-order chi connectivity index (χ0) is 13.8. The number of carboxylic acids is 1. The van der Waals surface area contributed by atoms with Gasteiger partial charge in [-0.25, -0.2) is 9.78 Å². The Bertz CT molecular complexity index is 602. The van der Waals surface area contributed by atoms with E-state index in [1.165, 1.54) is 23.9 Å². The summed E-state index contributed by atoms with van der Waals surface area (Å²) in [5.41, 5.74) is 1.21. The fourth-order valence-electron chi connectivity index (χ4n) is 1.41. The van der Waals surface area contributed by atoms with E-state index in [-0.39, 0.29) is 10.7 Å². The van der Waals surface area contributed by atoms with E-state index in [2.05, 4.69) is 4.98 Å². The molecule has 1 aromatic heterocycles. The first-order chi connectivity index (χ1) is 9.04. The molecule has 3 nitrogen and oxygen atoms in total. The van der Waals surface area contributed by atoms with Gasteiger partial charge in [-0.2, -0.15) is 0 Å². The number of nitrogens with zero attached hydrogens (tertiary/aromatic N) is 1. The van der Waals surface area contributed by atoms with E-state index >= 15 is 0 Å². The molecule has 1 aromatic carbocycles. The van der Waals surface area contributed by atoms with E-state index in [1.807, 2.05) is 24.3 Å². The molecule has 0 saturated carbocycles. The summed E-state index contributed by atoms with van der Waals surface area (Å²) in [5, 5.41) is 10.4. The average molecular weight is 314 g/mol. The van der Waals surface area contributed by atoms with Crippen LogP contribution >= 0.6 is 35.0 Å². The van der Waals surface area contributed by atoms with E-state index in [9.17, 15) is 4.79 Å². The van der Waals surface area contributed by atoms with E-state index in [0.717, 1.165) is 5.56 Å². The number of thioether (sulfide) groups is 1. The number of rotatable bonds is 4. The molecule has 1 N–H and O–H groups in total. The molecule has 98 valence electrons. The van der Waals surface area contributed by atoms with Gasteiger partial charge in [0.25, 0.3) is 0 Å². The van der Waals surface area contributed by atoms with E-state index in [1.54, 1.807) is 0 Å². The van der Waals surface area contributed by atoms with Crippen molar-refractivity contribution in [1.29, 1.82) is 0 Å². The molecule has 0 radical (unpaired) electrons. The summed E-state index contributed by atoms with van der Waals surface area (Å²) >= 11 is 13.0. The highest BCUT2D eigenvalue weighted by atomic mass is 35.5. The van der Waals surface area contributed by atoms with Crippen LogP contribution in [0.5, 0.6) is 0 Å². The van der Waals surface area contributed by atoms with Crippen molar-refractivity contribution in [3.05, 3.63) is 57.7 Å². The summed E-state index contributed by atoms with van der Waals surface area (Å²) in [6.45, 7) is 0. The van der Waals surface area contributed by atoms with Crippen LogP contribution in [0.25, 0.3) is 0 Å². The quantitative estimate of drug-likeness (QED) is 0.672. The highest BCUT2D eigenvalue weighted by Crippen LogP contribution is 2.24. The second-order valence-electron chi connectivity index (χ2n) is 3.74. The first-order valence-corrected chi connectivity index (χ1v) is 7.07. The van der Waals surface area contributed by atoms with Crippen molar-refractivity contribution in [2.45, 2.75) is 10.8 Å². The Labute approximate surface area is 124 Å². The minimum Gasteiger partial charge on any atom is -0.478 e. The second-order valence-corrected chi connectivity index (χ2v) is 5.56. The zero-order valence-corrected chi connectivity index (χ0v) is 12.0. The van der Waals surface area contributed by atoms with Crippen molar-refractivity contribution in [3.8, 4) is 0 Å². The molecule has 0 bridgehead atoms. The highest BCUT2D eigenvalue weighted by Gasteiger charge is 2.08. The molecule has 0 aliphatic rings. The third-order valence-corrected chi connectivity index (χ3v) is 3.75. The number of benzene rings is 1. The first-order valence-electron chi connectivity index (χ1n) is 5.33. The molecular formula is C13H9Cl2NO2S. The van der Waals surface area contributed by atoms with E-state index in [0.29, 0.717) is 15.8 Å². The third kappa shape index (κ3) is 4.13. The minimum atomic E-state index is -1.02. The van der Waals surface area contributed by atoms with Crippen LogP contribution in [0, 0.1) is 0 Å². The number of halogens is 2. The fourth-order valence-corrected chi connectivity index (χ4v) is 2.67. The zero-order valence-electron chi connectivity index (χ0n) is 9.64. The summed E-state index contributed by atoms with van der Waals surface area (Å²) in [5.74, 6) is -0.346. The number of hydrogen-bond acceptors (Lipinski definition) is 3. The van der Waals surface area contributed by atoms with Gasteiger partial charge in [0.15, 0.2) is 0 Å². The Hall–Kier alpha value is -1.23. The van der Waals surface area contributed by atoms with Gasteiger partial charge in [-0.05, 0) is 29.8 Å². The van der Waals surface area contributed by atoms with Gasteiger partial charge in [0.2, 0.25) is 0 Å². The maximum Gasteiger partial charge on any atom is 0.335 e. The molecule has 0 amide bonds. The predicted molar refractivity (Wildman–Crippen MR) is 77.2 cm³/mol. The van der Waals surface area contributed by atoms with Gasteiger partial charge < -0.3 is 5.11 Å². The standard InChI is InChI=1S/C13H9Cl2NO2S/c14-10-3-1-8(2-4-10)7-19-12-6-9(13(17)18)5-11(15)16-12/h1-6H,7H2,(H,17,18). The Morgan fingerprint density at radius 3 is 2.53 bits per heavy atom. The molecule has 2 rings (SSSR count). The van der Waals surface area contributed by atoms with Crippen molar-refractivity contribution in [2.75, 3.05) is 0 Å². The lowest BCUT2D eigenvalue weighted by Gasteiger charge is -2.04. The maximum absolute atomic E-state index is 10.9. The number of carboxylic acid groups (broad SMARTS) is 1. The summed E-state index contributed by atoms with van der Waals surface area (Å²) in [6, 6.07) is 10.3. The first kappa shape index (κ1) is 14.2. The van der Waals surface area contributed by atoms with E-state index < -0.39 is 5.97 Å². The number of aromatic carboxylic acids is 1. The van der Waals surface area contributed by atoms with Crippen molar-refractivity contribution >= 4 is 40.9 Å². The largest absolute Gasteiger partial charge is 0.478 e. The van der Waals surface area contributed by atoms with Crippen LogP contribution in [0.2, 0.25) is 10.2 Å². The van der Waals surface area contributed by atoms with Crippen LogP contribution < -0.4 is 0 Å². The average Bonchev–Trinajstić information content (AvgIpc) is 2.37. The molecule has 0 atom stereocenters. The van der Waals surface area contributed by atoms with Crippen LogP contribution in [0.3, 0.4) is 0 Å². The Kier molecular flexibility index (Phi) is 4.69. The Morgan fingerprint density at radius 1 is 1.21 bits per heavy atom. The lowest BCUT2D eigenvalue weighted by atomic mass is 10.2. The Balaban J connectivity index is 2.11. The monoisotopic (exact) mass is 313 g/mol. The van der Waals surface area contributed by atoms with Gasteiger partial charge in [-0.1, -0.05) is 35.3 Å². The molecule has 0 saturated heterocycles. The van der Waals surface area contributed by atoms with Gasteiger partial charge in [0, 0.05) is 10.8 Å². The molecule has 19 heavy (non-hydrogen) atoms. The van der Waals surface area contributed by atoms with Gasteiger partial charge >= 0.3 is 5.97 Å². The number of aromatic nitrogens is 1. The van der Waals surface area contributed by atoms with Crippen LogP contribution in [-0.4, -0.2) is 16.1 Å². The molecule has 0 aliphatic carbocycles. The summed E-state index contributed by atoms with van der Waals surface area (Å²) in [6.07, 6.45) is 0. The van der Waals surface area contributed by atoms with Crippen molar-refractivity contribution in [1.82, 2.24) is 4.98 Å². The number of pyridine rings is 1. The van der Waals surface area contributed by atoms with Crippen LogP contribution in [0.1, 0.15) is 15.9 Å². The van der Waals surface area contributed by atoms with Crippen molar-refractivity contribution in [2.24, 2.45) is 0 Å². The van der Waals surface area contributed by atoms with Crippen LogP contribution in [-0.2, 0) is 5.75 Å². The topological polar surface area (TPSA) is 50.2 Å². The van der Waals surface area contributed by atoms with Crippen LogP contribution in [0.15, 0.2) is 41.4 Å². The summed E-state index contributed by atoms with van der Waals surface area (Å²) in [4.78, 5) is 15.0. The van der Waals surface area contributed by atoms with Crippen molar-refractivity contribution < 1.29 is 9.90 Å². The van der Waals surface area contributed by atoms with Gasteiger partial charge in [-0.3, -0.25) is 0 Å². The predicted octanol–water partition coefficient (Wildman–Crippen LogP) is 4.38. The molecule has 0 aliphatic heterocycles. The molecule has 0 spiro atoms. The fraction of sp³-hybridized carbons (Fsp3) is 0.0769. The van der Waals surface area contributed by atoms with Gasteiger partial charge in [0.05, 0.1) is 10.6 Å². The SMILES string of the molecule is O=C(O)c1cc(Cl)nc(SCc2ccc(Cl)cc2)c1. The summed E-state index contributed by atoms with van der Waals surface area (Å²) < 4.78 is 0. The molecule has 0 fully saturated rings. The maximum atomic E-state index is 10.9. The molecule has 6 heteroatoms. The molecular weight excluding hydrogens is 305 g/mol. The lowest BCUT2D eigenvalue weighted by molar-refractivity contribution is 0.0696. The third-order valence-electron chi connectivity index (χ3n) is 2.32. The molecule has 2 aromatic rings. The minimum absolute atomic E-state index is 0.138. The number of carbonyl (C=O) groups is 1. The van der Waals surface area contributed by atoms with Gasteiger partial charge in [-0.15, -0.1) is 11.8 Å². The van der Waals surface area contributed by atoms with Crippen LogP contribution in [0.4, 0.5) is 0 Å². The van der Waals surface area contributed by atoms with Crippen molar-refractivity contribution in [3.63, 3.8) is 0 Å². The highest BCUT2D eigenvalue weighted by molar-refractivity contribution is 7.98. The Morgan fingerprint density at radius 2 is 1.89 bits per heavy atom. The normalized spacial score (nSPS) is 10.4.